The van der Waals surface area contributed by atoms with E-state index in [0.29, 0.717) is 25.1 Å². The predicted molar refractivity (Wildman–Crippen MR) is 79.7 cm³/mol. The zero-order chi connectivity index (χ0) is 16.6. The third-order valence-corrected chi connectivity index (χ3v) is 3.77. The maximum Gasteiger partial charge on any atom is 0.322 e. The third kappa shape index (κ3) is 2.66. The van der Waals surface area contributed by atoms with Gasteiger partial charge in [-0.15, -0.1) is 0 Å². The number of nitrogens with one attached hydrogen (secondary N) is 3. The van der Waals surface area contributed by atoms with E-state index in [1.807, 2.05) is 0 Å². The van der Waals surface area contributed by atoms with Crippen LogP contribution in [0.5, 0.6) is 0 Å². The first-order valence-corrected chi connectivity index (χ1v) is 7.00. The lowest BCUT2D eigenvalue weighted by atomic mass is 9.99. The molecule has 0 saturated heterocycles. The molecule has 8 nitrogen and oxygen atoms in total. The van der Waals surface area contributed by atoms with Crippen LogP contribution in [0.4, 0.5) is 15.8 Å². The summed E-state index contributed by atoms with van der Waals surface area (Å²) in [5.41, 5.74) is 0.765. The second-order valence-electron chi connectivity index (χ2n) is 5.25. The summed E-state index contributed by atoms with van der Waals surface area (Å²) in [5.74, 6) is -1.33. The summed E-state index contributed by atoms with van der Waals surface area (Å²) in [6.45, 7) is 2.67. The smallest absolute Gasteiger partial charge is 0.318 e. The summed E-state index contributed by atoms with van der Waals surface area (Å²) in [6, 6.07) is 3.18. The summed E-state index contributed by atoms with van der Waals surface area (Å²) in [6.07, 6.45) is 0.520. The normalized spacial score (nSPS) is 13.5. The zero-order valence-electron chi connectivity index (χ0n) is 12.3. The molecule has 1 aliphatic rings. The maximum absolute atomic E-state index is 14.5. The third-order valence-electron chi connectivity index (χ3n) is 3.77. The largest absolute Gasteiger partial charge is 0.322 e. The van der Waals surface area contributed by atoms with Crippen molar-refractivity contribution in [1.29, 1.82) is 0 Å². The minimum Gasteiger partial charge on any atom is -0.318 e. The summed E-state index contributed by atoms with van der Waals surface area (Å²) in [4.78, 5) is 22.5. The highest BCUT2D eigenvalue weighted by Crippen LogP contribution is 2.26. The first-order valence-electron chi connectivity index (χ1n) is 7.00. The molecule has 1 aliphatic heterocycles. The molecule has 0 spiro atoms. The van der Waals surface area contributed by atoms with Crippen LogP contribution in [-0.4, -0.2) is 27.6 Å². The van der Waals surface area contributed by atoms with Crippen LogP contribution in [0.1, 0.15) is 27.3 Å². The molecule has 23 heavy (non-hydrogen) atoms. The second-order valence-corrected chi connectivity index (χ2v) is 5.25. The van der Waals surface area contributed by atoms with Gasteiger partial charge >= 0.3 is 5.69 Å². The van der Waals surface area contributed by atoms with Gasteiger partial charge in [0, 0.05) is 6.54 Å². The van der Waals surface area contributed by atoms with Gasteiger partial charge in [-0.25, -0.2) is 4.39 Å². The van der Waals surface area contributed by atoms with Gasteiger partial charge in [0.05, 0.1) is 10.6 Å². The molecular weight excluding hydrogens is 305 g/mol. The van der Waals surface area contributed by atoms with Crippen molar-refractivity contribution >= 4 is 17.3 Å². The van der Waals surface area contributed by atoms with E-state index in [-0.39, 0.29) is 17.1 Å². The van der Waals surface area contributed by atoms with Gasteiger partial charge in [0.2, 0.25) is 5.69 Å². The number of H-pyrrole nitrogens is 1. The van der Waals surface area contributed by atoms with Crippen molar-refractivity contribution in [2.24, 2.45) is 0 Å². The number of hydrogen-bond acceptors (Lipinski definition) is 5. The summed E-state index contributed by atoms with van der Waals surface area (Å²) >= 11 is 0. The minimum absolute atomic E-state index is 0.00870. The fraction of sp³-hybridized carbons (Fsp3) is 0.286. The standard InChI is InChI=1S/C14H14FN5O3/c1-7-13(20(22)23)12(19-18-7)14(21)17-10-3-2-8-6-16-5-4-9(8)11(10)15/h2-3,16H,4-6H2,1H3,(H,17,21)(H,18,19). The van der Waals surface area contributed by atoms with E-state index in [9.17, 15) is 19.3 Å². The van der Waals surface area contributed by atoms with Crippen molar-refractivity contribution in [1.82, 2.24) is 15.5 Å². The quantitative estimate of drug-likeness (QED) is 0.588. The molecule has 2 heterocycles. The molecule has 0 unspecified atom stereocenters. The molecule has 0 bridgehead atoms. The van der Waals surface area contributed by atoms with Crippen molar-refractivity contribution in [3.05, 3.63) is 50.6 Å². The molecule has 1 aromatic heterocycles. The molecule has 2 aromatic rings. The number of hydrogen-bond donors (Lipinski definition) is 3. The molecule has 0 aliphatic carbocycles. The Hall–Kier alpha value is -2.81. The van der Waals surface area contributed by atoms with Crippen molar-refractivity contribution in [2.45, 2.75) is 19.9 Å². The van der Waals surface area contributed by atoms with Gasteiger partial charge < -0.3 is 10.6 Å². The average Bonchev–Trinajstić information content (AvgIpc) is 2.92. The highest BCUT2D eigenvalue weighted by Gasteiger charge is 2.28. The van der Waals surface area contributed by atoms with Crippen molar-refractivity contribution < 1.29 is 14.1 Å². The molecule has 0 fully saturated rings. The number of halogens is 1. The highest BCUT2D eigenvalue weighted by atomic mass is 19.1. The lowest BCUT2D eigenvalue weighted by molar-refractivity contribution is -0.385. The average molecular weight is 319 g/mol. The first-order chi connectivity index (χ1) is 11.0. The summed E-state index contributed by atoms with van der Waals surface area (Å²) in [7, 11) is 0. The Kier molecular flexibility index (Phi) is 3.78. The topological polar surface area (TPSA) is 113 Å². The van der Waals surface area contributed by atoms with Crippen LogP contribution in [-0.2, 0) is 13.0 Å². The van der Waals surface area contributed by atoms with Crippen LogP contribution in [0.25, 0.3) is 0 Å². The highest BCUT2D eigenvalue weighted by molar-refractivity contribution is 6.05. The number of carbonyl (C=O) groups is 1. The van der Waals surface area contributed by atoms with Gasteiger partial charge in [0.25, 0.3) is 5.91 Å². The fourth-order valence-corrected chi connectivity index (χ4v) is 2.62. The molecular formula is C14H14FN5O3. The van der Waals surface area contributed by atoms with Crippen molar-refractivity contribution in [2.75, 3.05) is 11.9 Å². The second kappa shape index (κ2) is 5.76. The van der Waals surface area contributed by atoms with Gasteiger partial charge in [0.1, 0.15) is 11.5 Å². The maximum atomic E-state index is 14.5. The van der Waals surface area contributed by atoms with E-state index < -0.39 is 22.3 Å². The zero-order valence-corrected chi connectivity index (χ0v) is 12.3. The molecule has 9 heteroatoms. The molecule has 3 N–H and O–H groups in total. The summed E-state index contributed by atoms with van der Waals surface area (Å²) in [5, 5.41) is 22.5. The van der Waals surface area contributed by atoms with Gasteiger partial charge in [-0.3, -0.25) is 20.0 Å². The monoisotopic (exact) mass is 319 g/mol. The van der Waals surface area contributed by atoms with Crippen LogP contribution in [0.15, 0.2) is 12.1 Å². The molecule has 3 rings (SSSR count). The lowest BCUT2D eigenvalue weighted by Gasteiger charge is -2.19. The molecule has 1 aromatic carbocycles. The lowest BCUT2D eigenvalue weighted by Crippen LogP contribution is -2.25. The number of anilines is 1. The number of fused-ring (bicyclic) bond motifs is 1. The van der Waals surface area contributed by atoms with Crippen LogP contribution < -0.4 is 10.6 Å². The number of nitro groups is 1. The van der Waals surface area contributed by atoms with E-state index in [0.717, 1.165) is 5.56 Å². The van der Waals surface area contributed by atoms with E-state index in [1.54, 1.807) is 6.07 Å². The number of aromatic nitrogens is 2. The van der Waals surface area contributed by atoms with Crippen LogP contribution in [0, 0.1) is 22.9 Å². The van der Waals surface area contributed by atoms with Crippen molar-refractivity contribution in [3.63, 3.8) is 0 Å². The molecule has 0 radical (unpaired) electrons. The number of aryl methyl sites for hydroxylation is 1. The van der Waals surface area contributed by atoms with Gasteiger partial charge in [-0.1, -0.05) is 6.07 Å². The number of amides is 1. The Morgan fingerprint density at radius 3 is 3.00 bits per heavy atom. The van der Waals surface area contributed by atoms with E-state index in [1.165, 1.54) is 13.0 Å². The Morgan fingerprint density at radius 1 is 1.48 bits per heavy atom. The van der Waals surface area contributed by atoms with E-state index in [2.05, 4.69) is 20.8 Å². The Balaban J connectivity index is 1.91. The Bertz CT molecular complexity index is 802. The van der Waals surface area contributed by atoms with Gasteiger partial charge in [-0.2, -0.15) is 5.10 Å². The number of nitrogens with zero attached hydrogens (tertiary/aromatic N) is 2. The SMILES string of the molecule is Cc1[nH]nc(C(=O)Nc2ccc3c(c2F)CCNC3)c1[N+](=O)[O-]. The van der Waals surface area contributed by atoms with Gasteiger partial charge in [0.15, 0.2) is 0 Å². The van der Waals surface area contributed by atoms with Gasteiger partial charge in [-0.05, 0) is 37.1 Å². The van der Waals surface area contributed by atoms with Crippen LogP contribution in [0.3, 0.4) is 0 Å². The summed E-state index contributed by atoms with van der Waals surface area (Å²) < 4.78 is 14.5. The predicted octanol–water partition coefficient (Wildman–Crippen LogP) is 1.66. The Morgan fingerprint density at radius 2 is 2.26 bits per heavy atom. The molecule has 0 atom stereocenters. The minimum atomic E-state index is -0.825. The molecule has 0 saturated carbocycles. The molecule has 120 valence electrons. The van der Waals surface area contributed by atoms with Crippen molar-refractivity contribution in [3.8, 4) is 0 Å². The van der Waals surface area contributed by atoms with E-state index in [4.69, 9.17) is 0 Å². The first kappa shape index (κ1) is 15.1. The van der Waals surface area contributed by atoms with Crippen LogP contribution >= 0.6 is 0 Å². The van der Waals surface area contributed by atoms with E-state index >= 15 is 0 Å². The Labute approximate surface area is 130 Å². The molecule has 1 amide bonds. The van der Waals surface area contributed by atoms with Crippen LogP contribution in [0.2, 0.25) is 0 Å². The fourth-order valence-electron chi connectivity index (χ4n) is 2.62. The number of rotatable bonds is 3. The number of aromatic amines is 1. The number of benzene rings is 1. The number of carbonyl (C=O) groups excluding carboxylic acids is 1.